The van der Waals surface area contributed by atoms with Gasteiger partial charge in [0.25, 0.3) is 0 Å². The highest BCUT2D eigenvalue weighted by atomic mass is 35.5. The Balaban J connectivity index is 0.00000161. The number of nitrogens with zero attached hydrogens (tertiary/aromatic N) is 3. The molecule has 1 aliphatic heterocycles. The Morgan fingerprint density at radius 3 is 2.48 bits per heavy atom. The third-order valence-corrected chi connectivity index (χ3v) is 4.11. The summed E-state index contributed by atoms with van der Waals surface area (Å²) in [5.74, 6) is 0. The average Bonchev–Trinajstić information content (AvgIpc) is 3.03. The van der Waals surface area contributed by atoms with Gasteiger partial charge < -0.3 is 5.32 Å². The molecule has 0 radical (unpaired) electrons. The van der Waals surface area contributed by atoms with E-state index in [2.05, 4.69) is 46.6 Å². The van der Waals surface area contributed by atoms with Gasteiger partial charge in [-0.3, -0.25) is 4.90 Å². The Morgan fingerprint density at radius 1 is 1.19 bits per heavy atom. The summed E-state index contributed by atoms with van der Waals surface area (Å²) in [6.07, 6.45) is 6.28. The zero-order chi connectivity index (χ0) is 13.8. The van der Waals surface area contributed by atoms with Crippen LogP contribution < -0.4 is 5.32 Å². The van der Waals surface area contributed by atoms with Crippen molar-refractivity contribution in [2.24, 2.45) is 0 Å². The smallest absolute Gasteiger partial charge is 0.0645 e. The van der Waals surface area contributed by atoms with Gasteiger partial charge in [0.2, 0.25) is 0 Å². The van der Waals surface area contributed by atoms with Crippen LogP contribution in [0.25, 0.3) is 5.69 Å². The molecule has 114 valence electrons. The minimum atomic E-state index is 0. The summed E-state index contributed by atoms with van der Waals surface area (Å²) < 4.78 is 1.89. The molecular formula is C16H23ClN4. The van der Waals surface area contributed by atoms with E-state index in [-0.39, 0.29) is 12.4 Å². The first-order chi connectivity index (χ1) is 9.85. The molecule has 3 rings (SSSR count). The van der Waals surface area contributed by atoms with Crippen LogP contribution in [0.4, 0.5) is 0 Å². The molecule has 1 aromatic carbocycles. The summed E-state index contributed by atoms with van der Waals surface area (Å²) >= 11 is 0. The first-order valence-electron chi connectivity index (χ1n) is 7.34. The predicted octanol–water partition coefficient (Wildman–Crippen LogP) is 2.48. The van der Waals surface area contributed by atoms with Crippen LogP contribution in [0, 0.1) is 0 Å². The number of piperidine rings is 1. The van der Waals surface area contributed by atoms with E-state index in [9.17, 15) is 0 Å². The Labute approximate surface area is 132 Å². The van der Waals surface area contributed by atoms with Gasteiger partial charge in [0.1, 0.15) is 0 Å². The lowest BCUT2D eigenvalue weighted by Gasteiger charge is -2.31. The molecule has 1 fully saturated rings. The van der Waals surface area contributed by atoms with Crippen molar-refractivity contribution >= 4 is 12.4 Å². The molecular weight excluding hydrogens is 284 g/mol. The van der Waals surface area contributed by atoms with Crippen molar-refractivity contribution in [1.82, 2.24) is 20.0 Å². The topological polar surface area (TPSA) is 33.1 Å². The molecule has 0 atom stereocenters. The molecule has 1 aliphatic rings. The number of hydrogen-bond donors (Lipinski definition) is 1. The Morgan fingerprint density at radius 2 is 1.90 bits per heavy atom. The van der Waals surface area contributed by atoms with Gasteiger partial charge in [0, 0.05) is 25.0 Å². The van der Waals surface area contributed by atoms with Crippen LogP contribution in [0.2, 0.25) is 0 Å². The maximum Gasteiger partial charge on any atom is 0.0645 e. The van der Waals surface area contributed by atoms with E-state index in [1.165, 1.54) is 31.5 Å². The Kier molecular flexibility index (Phi) is 5.79. The lowest BCUT2D eigenvalue weighted by Crippen LogP contribution is -2.40. The Hall–Kier alpha value is -1.36. The Bertz CT molecular complexity index is 516. The number of aromatic nitrogens is 2. The molecule has 0 aliphatic carbocycles. The minimum Gasteiger partial charge on any atom is -0.317 e. The van der Waals surface area contributed by atoms with Crippen molar-refractivity contribution in [3.63, 3.8) is 0 Å². The van der Waals surface area contributed by atoms with E-state index < -0.39 is 0 Å². The fourth-order valence-corrected chi connectivity index (χ4v) is 2.81. The van der Waals surface area contributed by atoms with Crippen molar-refractivity contribution < 1.29 is 0 Å². The van der Waals surface area contributed by atoms with Gasteiger partial charge in [-0.15, -0.1) is 12.4 Å². The maximum absolute atomic E-state index is 4.25. The van der Waals surface area contributed by atoms with E-state index in [1.54, 1.807) is 6.20 Å². The number of nitrogens with one attached hydrogen (secondary N) is 1. The SMILES string of the molecule is CNC1CCN(Cc2ccc(-n3cccn3)cc2)CC1.Cl. The molecule has 1 aromatic heterocycles. The van der Waals surface area contributed by atoms with Gasteiger partial charge in [-0.05, 0) is 56.7 Å². The standard InChI is InChI=1S/C16H22N4.ClH/c1-17-15-7-11-19(12-8-15)13-14-3-5-16(6-4-14)20-10-2-9-18-20;/h2-6,9-10,15,17H,7-8,11-13H2,1H3;1H. The molecule has 2 aromatic rings. The quantitative estimate of drug-likeness (QED) is 0.942. The van der Waals surface area contributed by atoms with Crippen LogP contribution in [0.5, 0.6) is 0 Å². The van der Waals surface area contributed by atoms with Gasteiger partial charge in [0.15, 0.2) is 0 Å². The van der Waals surface area contributed by atoms with Crippen LogP contribution in [-0.4, -0.2) is 40.9 Å². The number of hydrogen-bond acceptors (Lipinski definition) is 3. The van der Waals surface area contributed by atoms with Crippen molar-refractivity contribution in [2.75, 3.05) is 20.1 Å². The fourth-order valence-electron chi connectivity index (χ4n) is 2.81. The molecule has 5 heteroatoms. The third kappa shape index (κ3) is 4.06. The van der Waals surface area contributed by atoms with Crippen LogP contribution in [0.3, 0.4) is 0 Å². The zero-order valence-electron chi connectivity index (χ0n) is 12.4. The monoisotopic (exact) mass is 306 g/mol. The predicted molar refractivity (Wildman–Crippen MR) is 88.2 cm³/mol. The molecule has 1 saturated heterocycles. The summed E-state index contributed by atoms with van der Waals surface area (Å²) in [7, 11) is 2.06. The van der Waals surface area contributed by atoms with E-state index in [4.69, 9.17) is 0 Å². The van der Waals surface area contributed by atoms with Crippen molar-refractivity contribution in [1.29, 1.82) is 0 Å². The molecule has 0 bridgehead atoms. The van der Waals surface area contributed by atoms with Crippen molar-refractivity contribution in [2.45, 2.75) is 25.4 Å². The summed E-state index contributed by atoms with van der Waals surface area (Å²) in [6, 6.07) is 11.3. The molecule has 0 unspecified atom stereocenters. The van der Waals surface area contributed by atoms with Crippen LogP contribution in [0.1, 0.15) is 18.4 Å². The number of likely N-dealkylation sites (tertiary alicyclic amines) is 1. The second-order valence-corrected chi connectivity index (χ2v) is 5.46. The lowest BCUT2D eigenvalue weighted by atomic mass is 10.0. The van der Waals surface area contributed by atoms with Crippen LogP contribution >= 0.6 is 12.4 Å². The number of halogens is 1. The van der Waals surface area contributed by atoms with Gasteiger partial charge in [0.05, 0.1) is 5.69 Å². The molecule has 1 N–H and O–H groups in total. The minimum absolute atomic E-state index is 0. The van der Waals surface area contributed by atoms with E-state index in [0.29, 0.717) is 6.04 Å². The van der Waals surface area contributed by atoms with Crippen molar-refractivity contribution in [3.05, 3.63) is 48.3 Å². The van der Waals surface area contributed by atoms with E-state index in [1.807, 2.05) is 16.9 Å². The van der Waals surface area contributed by atoms with Crippen LogP contribution in [-0.2, 0) is 6.54 Å². The normalized spacial score (nSPS) is 16.6. The van der Waals surface area contributed by atoms with Gasteiger partial charge in [-0.2, -0.15) is 5.10 Å². The second kappa shape index (κ2) is 7.59. The fraction of sp³-hybridized carbons (Fsp3) is 0.438. The molecule has 0 amide bonds. The first kappa shape index (κ1) is 16.0. The highest BCUT2D eigenvalue weighted by molar-refractivity contribution is 5.85. The lowest BCUT2D eigenvalue weighted by molar-refractivity contribution is 0.194. The summed E-state index contributed by atoms with van der Waals surface area (Å²) in [4.78, 5) is 2.54. The van der Waals surface area contributed by atoms with Gasteiger partial charge in [-0.25, -0.2) is 4.68 Å². The maximum atomic E-state index is 4.25. The zero-order valence-corrected chi connectivity index (χ0v) is 13.2. The third-order valence-electron chi connectivity index (χ3n) is 4.11. The summed E-state index contributed by atoms with van der Waals surface area (Å²) in [5, 5.41) is 7.62. The molecule has 4 nitrogen and oxygen atoms in total. The second-order valence-electron chi connectivity index (χ2n) is 5.46. The number of benzene rings is 1. The van der Waals surface area contributed by atoms with Crippen molar-refractivity contribution in [3.8, 4) is 5.69 Å². The number of rotatable bonds is 4. The largest absolute Gasteiger partial charge is 0.317 e. The van der Waals surface area contributed by atoms with Gasteiger partial charge in [-0.1, -0.05) is 12.1 Å². The summed E-state index contributed by atoms with van der Waals surface area (Å²) in [5.41, 5.74) is 2.50. The highest BCUT2D eigenvalue weighted by Crippen LogP contribution is 2.15. The molecule has 0 spiro atoms. The van der Waals surface area contributed by atoms with Gasteiger partial charge >= 0.3 is 0 Å². The molecule has 21 heavy (non-hydrogen) atoms. The first-order valence-corrected chi connectivity index (χ1v) is 7.34. The molecule has 0 saturated carbocycles. The molecule has 2 heterocycles. The van der Waals surface area contributed by atoms with E-state index in [0.717, 1.165) is 12.2 Å². The van der Waals surface area contributed by atoms with E-state index >= 15 is 0 Å². The average molecular weight is 307 g/mol. The highest BCUT2D eigenvalue weighted by Gasteiger charge is 2.17. The van der Waals surface area contributed by atoms with Crippen LogP contribution in [0.15, 0.2) is 42.7 Å². The summed E-state index contributed by atoms with van der Waals surface area (Å²) in [6.45, 7) is 3.43.